The summed E-state index contributed by atoms with van der Waals surface area (Å²) in [6.07, 6.45) is 2.94. The van der Waals surface area contributed by atoms with E-state index in [1.54, 1.807) is 36.4 Å². The molecule has 1 spiro atoms. The second-order valence-corrected chi connectivity index (χ2v) is 6.00. The van der Waals surface area contributed by atoms with E-state index in [0.717, 1.165) is 0 Å². The Hall–Kier alpha value is -1.85. The lowest BCUT2D eigenvalue weighted by Gasteiger charge is -2.24. The lowest BCUT2D eigenvalue weighted by molar-refractivity contribution is -0.313. The number of carbonyl (C=O) groups excluding carboxylic acids is 2. The maximum Gasteiger partial charge on any atom is 0.234 e. The van der Waals surface area contributed by atoms with Crippen LogP contribution in [-0.4, -0.2) is 30.1 Å². The molecule has 1 aromatic carbocycles. The molecule has 4 rings (SSSR count). The van der Waals surface area contributed by atoms with Crippen LogP contribution in [0, 0.1) is 11.8 Å². The van der Waals surface area contributed by atoms with Gasteiger partial charge in [0.2, 0.25) is 5.91 Å². The second kappa shape index (κ2) is 4.08. The van der Waals surface area contributed by atoms with Crippen LogP contribution >= 0.6 is 11.6 Å². The summed E-state index contributed by atoms with van der Waals surface area (Å²) in [6, 6.07) is 6.99. The van der Waals surface area contributed by atoms with Crippen molar-refractivity contribution in [3.05, 3.63) is 41.4 Å². The Morgan fingerprint density at radius 3 is 2.90 bits per heavy atom. The largest absolute Gasteiger partial charge is 0.550 e. The molecule has 3 aliphatic heterocycles. The van der Waals surface area contributed by atoms with Crippen LogP contribution in [0.2, 0.25) is 5.02 Å². The topological polar surface area (TPSA) is 69.7 Å². The van der Waals surface area contributed by atoms with Gasteiger partial charge in [-0.2, -0.15) is 0 Å². The number of hydrogen-bond donors (Lipinski definition) is 0. The molecule has 0 unspecified atom stereocenters. The highest BCUT2D eigenvalue weighted by Gasteiger charge is 2.65. The number of halogens is 1. The minimum absolute atomic E-state index is 0.274. The van der Waals surface area contributed by atoms with Gasteiger partial charge in [-0.1, -0.05) is 35.9 Å². The molecule has 21 heavy (non-hydrogen) atoms. The number of amides is 1. The molecule has 3 aliphatic rings. The summed E-state index contributed by atoms with van der Waals surface area (Å²) in [5.41, 5.74) is -0.295. The van der Waals surface area contributed by atoms with Gasteiger partial charge in [-0.25, -0.2) is 0 Å². The number of carboxylic acid groups (broad SMARTS) is 1. The Labute approximate surface area is 125 Å². The second-order valence-electron chi connectivity index (χ2n) is 5.59. The van der Waals surface area contributed by atoms with Crippen LogP contribution in [0.1, 0.15) is 0 Å². The Bertz CT molecular complexity index is 688. The first-order valence-corrected chi connectivity index (χ1v) is 7.05. The molecule has 0 aliphatic carbocycles. The van der Waals surface area contributed by atoms with Crippen molar-refractivity contribution in [2.45, 2.75) is 11.7 Å². The fourth-order valence-electron chi connectivity index (χ4n) is 3.64. The van der Waals surface area contributed by atoms with Gasteiger partial charge in [-0.3, -0.25) is 4.79 Å². The standard InChI is InChI=1S/C15H12ClNO4/c16-8-3-1-2-4-9(8)17-7-15-6-5-10(21-15)11(14(19)20)12(15)13(17)18/h1-6,10-12H,7H2,(H,19,20)/p-1/t10-,11+,12-,15-/m1/s1. The van der Waals surface area contributed by atoms with E-state index in [0.29, 0.717) is 10.7 Å². The molecule has 4 atom stereocenters. The molecule has 5 nitrogen and oxygen atoms in total. The van der Waals surface area contributed by atoms with Crippen LogP contribution in [-0.2, 0) is 14.3 Å². The van der Waals surface area contributed by atoms with Gasteiger partial charge in [-0.05, 0) is 12.1 Å². The molecule has 1 amide bonds. The van der Waals surface area contributed by atoms with Crippen molar-refractivity contribution in [1.82, 2.24) is 0 Å². The number of fused-ring (bicyclic) bond motifs is 1. The van der Waals surface area contributed by atoms with E-state index in [2.05, 4.69) is 0 Å². The Balaban J connectivity index is 1.78. The smallest absolute Gasteiger partial charge is 0.234 e. The van der Waals surface area contributed by atoms with Gasteiger partial charge in [0.15, 0.2) is 0 Å². The Morgan fingerprint density at radius 1 is 1.43 bits per heavy atom. The minimum Gasteiger partial charge on any atom is -0.550 e. The minimum atomic E-state index is -1.24. The van der Waals surface area contributed by atoms with Crippen molar-refractivity contribution in [1.29, 1.82) is 0 Å². The van der Waals surface area contributed by atoms with Gasteiger partial charge >= 0.3 is 0 Å². The van der Waals surface area contributed by atoms with E-state index in [4.69, 9.17) is 16.3 Å². The van der Waals surface area contributed by atoms with Crippen LogP contribution in [0.25, 0.3) is 0 Å². The van der Waals surface area contributed by atoms with Gasteiger partial charge in [0.25, 0.3) is 0 Å². The number of benzene rings is 1. The molecule has 0 radical (unpaired) electrons. The summed E-state index contributed by atoms with van der Waals surface area (Å²) >= 11 is 6.14. The molecule has 0 saturated carbocycles. The molecule has 108 valence electrons. The third-order valence-corrected chi connectivity index (χ3v) is 4.84. The molecule has 0 N–H and O–H groups in total. The monoisotopic (exact) mass is 304 g/mol. The molecular formula is C15H11ClNO4-. The predicted octanol–water partition coefficient (Wildman–Crippen LogP) is 0.376. The highest BCUT2D eigenvalue weighted by atomic mass is 35.5. The number of rotatable bonds is 2. The molecule has 1 aromatic rings. The fourth-order valence-corrected chi connectivity index (χ4v) is 3.88. The third-order valence-electron chi connectivity index (χ3n) is 4.52. The molecule has 0 aromatic heterocycles. The molecule has 2 saturated heterocycles. The van der Waals surface area contributed by atoms with Crippen LogP contribution in [0.3, 0.4) is 0 Å². The quantitative estimate of drug-likeness (QED) is 0.741. The summed E-state index contributed by atoms with van der Waals surface area (Å²) in [5.74, 6) is -3.20. The number of carboxylic acids is 1. The number of nitrogens with zero attached hydrogens (tertiary/aromatic N) is 1. The zero-order chi connectivity index (χ0) is 14.8. The number of carbonyl (C=O) groups is 2. The fraction of sp³-hybridized carbons (Fsp3) is 0.333. The first-order valence-electron chi connectivity index (χ1n) is 6.67. The average Bonchev–Trinajstić information content (AvgIpc) is 3.08. The van der Waals surface area contributed by atoms with E-state index in [9.17, 15) is 14.7 Å². The molecule has 3 heterocycles. The summed E-state index contributed by atoms with van der Waals surface area (Å²) in [4.78, 5) is 25.6. The zero-order valence-electron chi connectivity index (χ0n) is 10.9. The average molecular weight is 305 g/mol. The predicted molar refractivity (Wildman–Crippen MR) is 72.5 cm³/mol. The zero-order valence-corrected chi connectivity index (χ0v) is 11.6. The maximum absolute atomic E-state index is 12.7. The lowest BCUT2D eigenvalue weighted by Crippen LogP contribution is -2.45. The van der Waals surface area contributed by atoms with Crippen molar-refractivity contribution in [2.75, 3.05) is 11.4 Å². The summed E-state index contributed by atoms with van der Waals surface area (Å²) in [5, 5.41) is 11.8. The summed E-state index contributed by atoms with van der Waals surface area (Å²) < 4.78 is 5.78. The van der Waals surface area contributed by atoms with Gasteiger partial charge in [0.05, 0.1) is 29.3 Å². The SMILES string of the molecule is O=C([O-])[C@H]1[C@H]2C=C[C@]3(CN(c4ccccc4Cl)C(=O)[C@@H]13)O2. The van der Waals surface area contributed by atoms with Crippen molar-refractivity contribution in [3.8, 4) is 0 Å². The van der Waals surface area contributed by atoms with Crippen LogP contribution in [0.5, 0.6) is 0 Å². The van der Waals surface area contributed by atoms with Crippen LogP contribution in [0.4, 0.5) is 5.69 Å². The highest BCUT2D eigenvalue weighted by molar-refractivity contribution is 6.34. The molecule has 2 fully saturated rings. The number of para-hydroxylation sites is 1. The van der Waals surface area contributed by atoms with Crippen molar-refractivity contribution in [2.24, 2.45) is 11.8 Å². The van der Waals surface area contributed by atoms with Crippen molar-refractivity contribution < 1.29 is 19.4 Å². The van der Waals surface area contributed by atoms with Gasteiger partial charge in [-0.15, -0.1) is 0 Å². The van der Waals surface area contributed by atoms with Crippen molar-refractivity contribution >= 4 is 29.2 Å². The molecular weight excluding hydrogens is 294 g/mol. The van der Waals surface area contributed by atoms with E-state index in [1.807, 2.05) is 0 Å². The van der Waals surface area contributed by atoms with Gasteiger partial charge in [0.1, 0.15) is 5.60 Å². The number of anilines is 1. The first-order chi connectivity index (χ1) is 10.0. The summed E-state index contributed by atoms with van der Waals surface area (Å²) in [6.45, 7) is 0.275. The Kier molecular flexibility index (Phi) is 2.50. The highest BCUT2D eigenvalue weighted by Crippen LogP contribution is 2.52. The molecule has 2 bridgehead atoms. The number of hydrogen-bond acceptors (Lipinski definition) is 4. The van der Waals surface area contributed by atoms with E-state index in [1.165, 1.54) is 4.90 Å². The lowest BCUT2D eigenvalue weighted by atomic mass is 9.77. The summed E-state index contributed by atoms with van der Waals surface area (Å²) in [7, 11) is 0. The van der Waals surface area contributed by atoms with E-state index in [-0.39, 0.29) is 12.5 Å². The van der Waals surface area contributed by atoms with Crippen LogP contribution in [0.15, 0.2) is 36.4 Å². The first kappa shape index (κ1) is 12.9. The molecule has 6 heteroatoms. The number of ether oxygens (including phenoxy) is 1. The number of aliphatic carboxylic acids is 1. The Morgan fingerprint density at radius 2 is 2.19 bits per heavy atom. The van der Waals surface area contributed by atoms with E-state index < -0.39 is 29.5 Å². The van der Waals surface area contributed by atoms with Gasteiger partial charge in [0, 0.05) is 11.9 Å². The third kappa shape index (κ3) is 1.56. The normalized spacial score (nSPS) is 36.3. The van der Waals surface area contributed by atoms with Crippen molar-refractivity contribution in [3.63, 3.8) is 0 Å². The van der Waals surface area contributed by atoms with Gasteiger partial charge < -0.3 is 19.5 Å². The van der Waals surface area contributed by atoms with Crippen LogP contribution < -0.4 is 10.0 Å². The maximum atomic E-state index is 12.7. The van der Waals surface area contributed by atoms with E-state index >= 15 is 0 Å².